The number of aryl methyl sites for hydroxylation is 1. The molecular formula is C11H21N5. The van der Waals surface area contributed by atoms with E-state index in [0.29, 0.717) is 0 Å². The molecule has 1 rings (SSSR count). The van der Waals surface area contributed by atoms with Crippen LogP contribution in [0.5, 0.6) is 0 Å². The molecular weight excluding hydrogens is 202 g/mol. The maximum absolute atomic E-state index is 4.57. The first-order chi connectivity index (χ1) is 7.52. The largest absolute Gasteiger partial charge is 0.349 e. The molecule has 1 heterocycles. The highest BCUT2D eigenvalue weighted by Gasteiger charge is 2.04. The van der Waals surface area contributed by atoms with Crippen molar-refractivity contribution in [2.24, 2.45) is 12.0 Å². The van der Waals surface area contributed by atoms with Crippen molar-refractivity contribution in [2.45, 2.75) is 6.42 Å². The predicted molar refractivity (Wildman–Crippen MR) is 66.6 cm³/mol. The monoisotopic (exact) mass is 223 g/mol. The molecule has 0 amide bonds. The van der Waals surface area contributed by atoms with Gasteiger partial charge in [0.2, 0.25) is 0 Å². The van der Waals surface area contributed by atoms with Crippen LogP contribution in [0.2, 0.25) is 0 Å². The fraction of sp³-hybridized carbons (Fsp3) is 0.636. The molecule has 0 aliphatic rings. The molecule has 0 spiro atoms. The van der Waals surface area contributed by atoms with Gasteiger partial charge in [-0.3, -0.25) is 9.67 Å². The molecule has 0 saturated heterocycles. The van der Waals surface area contributed by atoms with E-state index in [1.165, 1.54) is 5.69 Å². The van der Waals surface area contributed by atoms with Crippen molar-refractivity contribution < 1.29 is 0 Å². The van der Waals surface area contributed by atoms with Crippen LogP contribution in [0.4, 0.5) is 0 Å². The Kier molecular flexibility index (Phi) is 4.34. The zero-order valence-electron chi connectivity index (χ0n) is 10.8. The lowest BCUT2D eigenvalue weighted by molar-refractivity contribution is 0.479. The lowest BCUT2D eigenvalue weighted by Gasteiger charge is -2.22. The van der Waals surface area contributed by atoms with Crippen molar-refractivity contribution in [3.05, 3.63) is 18.0 Å². The van der Waals surface area contributed by atoms with E-state index in [-0.39, 0.29) is 0 Å². The Labute approximate surface area is 97.4 Å². The van der Waals surface area contributed by atoms with Gasteiger partial charge in [-0.25, -0.2) is 0 Å². The summed E-state index contributed by atoms with van der Waals surface area (Å²) in [6, 6.07) is 2.03. The fourth-order valence-electron chi connectivity index (χ4n) is 1.60. The molecule has 0 aliphatic heterocycles. The van der Waals surface area contributed by atoms with Crippen LogP contribution in [-0.4, -0.2) is 60.3 Å². The predicted octanol–water partition coefficient (Wildman–Crippen LogP) is 0.442. The van der Waals surface area contributed by atoms with Crippen LogP contribution in [0, 0.1) is 0 Å². The van der Waals surface area contributed by atoms with Crippen LogP contribution < -0.4 is 0 Å². The van der Waals surface area contributed by atoms with Gasteiger partial charge in [-0.1, -0.05) is 0 Å². The first-order valence-corrected chi connectivity index (χ1v) is 5.38. The van der Waals surface area contributed by atoms with Crippen LogP contribution in [-0.2, 0) is 13.5 Å². The van der Waals surface area contributed by atoms with Gasteiger partial charge < -0.3 is 9.80 Å². The van der Waals surface area contributed by atoms with Crippen molar-refractivity contribution in [3.63, 3.8) is 0 Å². The molecule has 0 fully saturated rings. The molecule has 0 aromatic carbocycles. The Morgan fingerprint density at radius 1 is 1.31 bits per heavy atom. The molecule has 0 N–H and O–H groups in total. The second kappa shape index (κ2) is 5.53. The molecule has 16 heavy (non-hydrogen) atoms. The van der Waals surface area contributed by atoms with Crippen molar-refractivity contribution in [1.82, 2.24) is 19.6 Å². The molecule has 1 aromatic heterocycles. The summed E-state index contributed by atoms with van der Waals surface area (Å²) in [6.45, 7) is 0.783. The van der Waals surface area contributed by atoms with Gasteiger partial charge >= 0.3 is 0 Å². The lowest BCUT2D eigenvalue weighted by Crippen LogP contribution is -2.35. The molecule has 5 heteroatoms. The third-order valence-corrected chi connectivity index (χ3v) is 2.34. The van der Waals surface area contributed by atoms with Gasteiger partial charge in [-0.15, -0.1) is 0 Å². The molecule has 5 nitrogen and oxygen atoms in total. The lowest BCUT2D eigenvalue weighted by atomic mass is 10.3. The molecule has 90 valence electrons. The Hall–Kier alpha value is -1.52. The second-order valence-electron chi connectivity index (χ2n) is 4.17. The van der Waals surface area contributed by atoms with E-state index in [1.807, 2.05) is 62.0 Å². The molecule has 0 atom stereocenters. The normalized spacial score (nSPS) is 10.1. The van der Waals surface area contributed by atoms with E-state index in [1.54, 1.807) is 0 Å². The second-order valence-corrected chi connectivity index (χ2v) is 4.17. The minimum atomic E-state index is 0.783. The zero-order valence-corrected chi connectivity index (χ0v) is 10.8. The number of aliphatic imine (C=N–C) groups is 1. The highest BCUT2D eigenvalue weighted by atomic mass is 15.3. The maximum atomic E-state index is 4.57. The smallest absolute Gasteiger partial charge is 0.195 e. The Bertz CT molecular complexity index is 341. The fourth-order valence-corrected chi connectivity index (χ4v) is 1.60. The van der Waals surface area contributed by atoms with Gasteiger partial charge in [-0.05, 0) is 6.07 Å². The number of aromatic nitrogens is 2. The first-order valence-electron chi connectivity index (χ1n) is 5.38. The standard InChI is InChI=1S/C11H21N5/c1-14(2)11(15(3)4)12-8-6-10-7-9-13-16(10)5/h7,9H,6,8H2,1-5H3. The highest BCUT2D eigenvalue weighted by molar-refractivity contribution is 5.79. The van der Waals surface area contributed by atoms with E-state index < -0.39 is 0 Å². The average molecular weight is 223 g/mol. The zero-order chi connectivity index (χ0) is 12.1. The van der Waals surface area contributed by atoms with Crippen LogP contribution in [0.1, 0.15) is 5.69 Å². The number of hydrogen-bond acceptors (Lipinski definition) is 2. The molecule has 0 unspecified atom stereocenters. The van der Waals surface area contributed by atoms with Gasteiger partial charge in [-0.2, -0.15) is 5.10 Å². The summed E-state index contributed by atoms with van der Waals surface area (Å²) in [6.07, 6.45) is 2.74. The van der Waals surface area contributed by atoms with Crippen LogP contribution in [0.15, 0.2) is 17.3 Å². The number of nitrogens with zero attached hydrogens (tertiary/aromatic N) is 5. The molecule has 0 saturated carbocycles. The van der Waals surface area contributed by atoms with Crippen molar-refractivity contribution >= 4 is 5.96 Å². The molecule has 1 aromatic rings. The van der Waals surface area contributed by atoms with Crippen LogP contribution >= 0.6 is 0 Å². The summed E-state index contributed by atoms with van der Waals surface area (Å²) in [7, 11) is 9.97. The summed E-state index contributed by atoms with van der Waals surface area (Å²) < 4.78 is 1.89. The van der Waals surface area contributed by atoms with Gasteiger partial charge in [0.25, 0.3) is 0 Å². The van der Waals surface area contributed by atoms with Gasteiger partial charge in [0.1, 0.15) is 0 Å². The minimum Gasteiger partial charge on any atom is -0.349 e. The average Bonchev–Trinajstić information content (AvgIpc) is 2.57. The van der Waals surface area contributed by atoms with Crippen molar-refractivity contribution in [2.75, 3.05) is 34.7 Å². The topological polar surface area (TPSA) is 36.7 Å². The van der Waals surface area contributed by atoms with Crippen LogP contribution in [0.3, 0.4) is 0 Å². The molecule has 0 aliphatic carbocycles. The summed E-state index contributed by atoms with van der Waals surface area (Å²) in [5.74, 6) is 0.988. The van der Waals surface area contributed by atoms with E-state index >= 15 is 0 Å². The Balaban J connectivity index is 2.55. The van der Waals surface area contributed by atoms with Gasteiger partial charge in [0.15, 0.2) is 5.96 Å². The van der Waals surface area contributed by atoms with E-state index in [4.69, 9.17) is 0 Å². The highest BCUT2D eigenvalue weighted by Crippen LogP contribution is 1.98. The molecule has 0 radical (unpaired) electrons. The Morgan fingerprint density at radius 3 is 2.38 bits per heavy atom. The summed E-state index contributed by atoms with van der Waals surface area (Å²) in [4.78, 5) is 8.60. The van der Waals surface area contributed by atoms with Crippen molar-refractivity contribution in [1.29, 1.82) is 0 Å². The first kappa shape index (κ1) is 12.5. The number of guanidine groups is 1. The summed E-state index contributed by atoms with van der Waals surface area (Å²) >= 11 is 0. The number of hydrogen-bond donors (Lipinski definition) is 0. The third-order valence-electron chi connectivity index (χ3n) is 2.34. The van der Waals surface area contributed by atoms with E-state index in [9.17, 15) is 0 Å². The van der Waals surface area contributed by atoms with Gasteiger partial charge in [0.05, 0.1) is 0 Å². The maximum Gasteiger partial charge on any atom is 0.195 e. The van der Waals surface area contributed by atoms with Crippen molar-refractivity contribution in [3.8, 4) is 0 Å². The Morgan fingerprint density at radius 2 is 1.94 bits per heavy atom. The SMILES string of the molecule is CN(C)C(=NCCc1ccnn1C)N(C)C. The van der Waals surface area contributed by atoms with E-state index in [2.05, 4.69) is 10.1 Å². The summed E-state index contributed by atoms with van der Waals surface area (Å²) in [5, 5.41) is 4.13. The number of rotatable bonds is 3. The quantitative estimate of drug-likeness (QED) is 0.551. The van der Waals surface area contributed by atoms with E-state index in [0.717, 1.165) is 18.9 Å². The molecule has 0 bridgehead atoms. The van der Waals surface area contributed by atoms with Gasteiger partial charge in [0, 0.05) is 60.1 Å². The minimum absolute atomic E-state index is 0.783. The summed E-state index contributed by atoms with van der Waals surface area (Å²) in [5.41, 5.74) is 1.21. The van der Waals surface area contributed by atoms with Crippen LogP contribution in [0.25, 0.3) is 0 Å². The third kappa shape index (κ3) is 3.25.